The standard InChI is InChI=1S/C17H12Br4N2O3/c18-8-2-1-3-11-13(8)14(21)15(23-11)17(26)22-6-12(24)7-4-9(19)16(25)10(20)5-7/h1-5,12,23-25H,6H2,(H,22,26)/t12-/m1/s1. The molecular formula is C17H12Br4N2O3. The largest absolute Gasteiger partial charge is 0.506 e. The Morgan fingerprint density at radius 1 is 1.12 bits per heavy atom. The molecule has 136 valence electrons. The maximum Gasteiger partial charge on any atom is 0.269 e. The van der Waals surface area contributed by atoms with Gasteiger partial charge in [-0.3, -0.25) is 4.79 Å². The predicted molar refractivity (Wildman–Crippen MR) is 114 cm³/mol. The third-order valence-electron chi connectivity index (χ3n) is 3.82. The molecule has 2 aromatic carbocycles. The van der Waals surface area contributed by atoms with Crippen LogP contribution in [-0.2, 0) is 0 Å². The van der Waals surface area contributed by atoms with Crippen molar-refractivity contribution >= 4 is 80.5 Å². The molecule has 0 spiro atoms. The van der Waals surface area contributed by atoms with E-state index in [1.807, 2.05) is 18.2 Å². The van der Waals surface area contributed by atoms with Crippen LogP contribution in [0.3, 0.4) is 0 Å². The molecule has 26 heavy (non-hydrogen) atoms. The Morgan fingerprint density at radius 3 is 2.38 bits per heavy atom. The number of benzene rings is 2. The second-order valence-electron chi connectivity index (χ2n) is 5.54. The van der Waals surface area contributed by atoms with Crippen LogP contribution in [0.5, 0.6) is 5.75 Å². The fraction of sp³-hybridized carbons (Fsp3) is 0.118. The molecule has 1 amide bonds. The molecule has 0 saturated carbocycles. The van der Waals surface area contributed by atoms with Gasteiger partial charge in [-0.1, -0.05) is 22.0 Å². The summed E-state index contributed by atoms with van der Waals surface area (Å²) in [6, 6.07) is 8.86. The first-order valence-electron chi connectivity index (χ1n) is 7.39. The normalized spacial score (nSPS) is 12.3. The highest BCUT2D eigenvalue weighted by Crippen LogP contribution is 2.35. The van der Waals surface area contributed by atoms with Crippen molar-refractivity contribution in [3.05, 3.63) is 59.5 Å². The minimum Gasteiger partial charge on any atom is -0.506 e. The molecule has 0 aliphatic heterocycles. The van der Waals surface area contributed by atoms with Crippen molar-refractivity contribution in [1.82, 2.24) is 10.3 Å². The number of amides is 1. The van der Waals surface area contributed by atoms with Gasteiger partial charge in [-0.25, -0.2) is 0 Å². The van der Waals surface area contributed by atoms with Gasteiger partial charge in [-0.05, 0) is 77.6 Å². The average Bonchev–Trinajstić information content (AvgIpc) is 2.95. The van der Waals surface area contributed by atoms with Gasteiger partial charge in [-0.15, -0.1) is 0 Å². The van der Waals surface area contributed by atoms with E-state index in [0.29, 0.717) is 24.7 Å². The lowest BCUT2D eigenvalue weighted by atomic mass is 10.1. The van der Waals surface area contributed by atoms with Crippen molar-refractivity contribution in [2.75, 3.05) is 6.54 Å². The first kappa shape index (κ1) is 19.9. The van der Waals surface area contributed by atoms with Gasteiger partial charge in [0.05, 0.1) is 19.5 Å². The van der Waals surface area contributed by atoms with E-state index in [2.05, 4.69) is 74.0 Å². The lowest BCUT2D eigenvalue weighted by Gasteiger charge is -2.14. The minimum absolute atomic E-state index is 0.0193. The summed E-state index contributed by atoms with van der Waals surface area (Å²) >= 11 is 13.4. The molecule has 0 aliphatic rings. The van der Waals surface area contributed by atoms with E-state index >= 15 is 0 Å². The number of phenolic OH excluding ortho intramolecular Hbond substituents is 1. The van der Waals surface area contributed by atoms with Crippen molar-refractivity contribution in [2.24, 2.45) is 0 Å². The number of halogens is 4. The average molecular weight is 612 g/mol. The van der Waals surface area contributed by atoms with Gasteiger partial charge in [0.2, 0.25) is 0 Å². The van der Waals surface area contributed by atoms with E-state index < -0.39 is 6.10 Å². The highest BCUT2D eigenvalue weighted by molar-refractivity contribution is 9.11. The number of H-pyrrole nitrogens is 1. The van der Waals surface area contributed by atoms with Crippen LogP contribution in [0, 0.1) is 0 Å². The molecule has 0 saturated heterocycles. The first-order valence-corrected chi connectivity index (χ1v) is 10.6. The van der Waals surface area contributed by atoms with Gasteiger partial charge in [0.1, 0.15) is 11.4 Å². The van der Waals surface area contributed by atoms with E-state index in [1.165, 1.54) is 0 Å². The number of fused-ring (bicyclic) bond motifs is 1. The second kappa shape index (κ2) is 8.02. The molecule has 3 aromatic rings. The maximum atomic E-state index is 12.5. The minimum atomic E-state index is -0.929. The molecule has 1 aromatic heterocycles. The van der Waals surface area contributed by atoms with Gasteiger partial charge < -0.3 is 20.5 Å². The van der Waals surface area contributed by atoms with Crippen LogP contribution in [0.4, 0.5) is 0 Å². The van der Waals surface area contributed by atoms with Crippen LogP contribution in [-0.4, -0.2) is 27.6 Å². The van der Waals surface area contributed by atoms with E-state index in [1.54, 1.807) is 12.1 Å². The third-order valence-corrected chi connectivity index (χ3v) is 6.48. The van der Waals surface area contributed by atoms with Crippen molar-refractivity contribution < 1.29 is 15.0 Å². The van der Waals surface area contributed by atoms with Crippen LogP contribution < -0.4 is 5.32 Å². The van der Waals surface area contributed by atoms with Crippen LogP contribution >= 0.6 is 63.7 Å². The number of aliphatic hydroxyl groups excluding tert-OH is 1. The Kier molecular flexibility index (Phi) is 6.13. The summed E-state index contributed by atoms with van der Waals surface area (Å²) in [5.41, 5.74) is 1.76. The molecule has 0 fully saturated rings. The quantitative estimate of drug-likeness (QED) is 0.319. The number of carbonyl (C=O) groups is 1. The maximum absolute atomic E-state index is 12.5. The fourth-order valence-electron chi connectivity index (χ4n) is 2.50. The molecule has 0 unspecified atom stereocenters. The van der Waals surface area contributed by atoms with Crippen molar-refractivity contribution in [3.8, 4) is 5.75 Å². The van der Waals surface area contributed by atoms with Gasteiger partial charge in [0, 0.05) is 21.9 Å². The molecule has 0 aliphatic carbocycles. The molecule has 3 rings (SSSR count). The van der Waals surface area contributed by atoms with Crippen molar-refractivity contribution in [3.63, 3.8) is 0 Å². The Hall–Kier alpha value is -0.870. The van der Waals surface area contributed by atoms with Crippen molar-refractivity contribution in [2.45, 2.75) is 6.10 Å². The summed E-state index contributed by atoms with van der Waals surface area (Å²) in [4.78, 5) is 15.6. The molecule has 4 N–H and O–H groups in total. The Balaban J connectivity index is 1.77. The number of nitrogens with one attached hydrogen (secondary N) is 2. The number of hydrogen-bond acceptors (Lipinski definition) is 3. The fourth-order valence-corrected chi connectivity index (χ4v) is 5.25. The lowest BCUT2D eigenvalue weighted by Crippen LogP contribution is -2.28. The summed E-state index contributed by atoms with van der Waals surface area (Å²) in [6.45, 7) is 0.0193. The van der Waals surface area contributed by atoms with Gasteiger partial charge >= 0.3 is 0 Å². The van der Waals surface area contributed by atoms with Crippen LogP contribution in [0.2, 0.25) is 0 Å². The van der Waals surface area contributed by atoms with Crippen LogP contribution in [0.25, 0.3) is 10.9 Å². The number of carbonyl (C=O) groups excluding carboxylic acids is 1. The molecule has 0 bridgehead atoms. The number of aromatic amines is 1. The zero-order chi connectivity index (χ0) is 19.0. The summed E-state index contributed by atoms with van der Waals surface area (Å²) in [5.74, 6) is -0.284. The van der Waals surface area contributed by atoms with E-state index in [4.69, 9.17) is 0 Å². The monoisotopic (exact) mass is 608 g/mol. The summed E-state index contributed by atoms with van der Waals surface area (Å²) < 4.78 is 2.43. The third kappa shape index (κ3) is 3.87. The first-order chi connectivity index (χ1) is 12.3. The highest BCUT2D eigenvalue weighted by atomic mass is 79.9. The van der Waals surface area contributed by atoms with E-state index in [0.717, 1.165) is 15.4 Å². The zero-order valence-electron chi connectivity index (χ0n) is 13.0. The second-order valence-corrected chi connectivity index (χ2v) is 8.89. The smallest absolute Gasteiger partial charge is 0.269 e. The predicted octanol–water partition coefficient (Wildman–Crippen LogP) is 5.39. The summed E-state index contributed by atoms with van der Waals surface area (Å²) in [7, 11) is 0. The summed E-state index contributed by atoms with van der Waals surface area (Å²) in [5, 5.41) is 23.7. The zero-order valence-corrected chi connectivity index (χ0v) is 19.3. The van der Waals surface area contributed by atoms with Crippen LogP contribution in [0.1, 0.15) is 22.2 Å². The lowest BCUT2D eigenvalue weighted by molar-refractivity contribution is 0.0911. The van der Waals surface area contributed by atoms with Crippen LogP contribution in [0.15, 0.2) is 48.2 Å². The molecule has 1 atom stereocenters. The highest BCUT2D eigenvalue weighted by Gasteiger charge is 2.19. The van der Waals surface area contributed by atoms with Gasteiger partial charge in [0.25, 0.3) is 5.91 Å². The Bertz CT molecular complexity index is 980. The number of aliphatic hydroxyl groups is 1. The molecule has 0 radical (unpaired) electrons. The summed E-state index contributed by atoms with van der Waals surface area (Å²) in [6.07, 6.45) is -0.929. The number of rotatable bonds is 4. The molecular weight excluding hydrogens is 600 g/mol. The number of aromatic nitrogens is 1. The molecule has 1 heterocycles. The van der Waals surface area contributed by atoms with E-state index in [9.17, 15) is 15.0 Å². The molecule has 9 heteroatoms. The van der Waals surface area contributed by atoms with Gasteiger partial charge in [-0.2, -0.15) is 0 Å². The SMILES string of the molecule is O=C(NC[C@@H](O)c1cc(Br)c(O)c(Br)c1)c1[nH]c2cccc(Br)c2c1Br. The Labute approximate surface area is 182 Å². The number of hydrogen-bond donors (Lipinski definition) is 4. The van der Waals surface area contributed by atoms with Crippen molar-refractivity contribution in [1.29, 1.82) is 0 Å². The Morgan fingerprint density at radius 2 is 1.77 bits per heavy atom. The van der Waals surface area contributed by atoms with E-state index in [-0.39, 0.29) is 18.2 Å². The number of phenols is 1. The molecule has 5 nitrogen and oxygen atoms in total. The van der Waals surface area contributed by atoms with Gasteiger partial charge in [0.15, 0.2) is 0 Å². The topological polar surface area (TPSA) is 85.3 Å². The number of aromatic hydroxyl groups is 1.